The van der Waals surface area contributed by atoms with Crippen LogP contribution in [0.4, 0.5) is 0 Å². The molecule has 0 aromatic rings. The second-order valence-electron chi connectivity index (χ2n) is 16.1. The molecule has 0 rings (SSSR count). The summed E-state index contributed by atoms with van der Waals surface area (Å²) in [6, 6.07) is 0. The number of carbonyl (C=O) groups is 2. The topological polar surface area (TPSA) is 108 Å². The van der Waals surface area contributed by atoms with Gasteiger partial charge in [0.15, 0.2) is 6.10 Å². The van der Waals surface area contributed by atoms with Gasteiger partial charge < -0.3 is 14.4 Å². The third-order valence-corrected chi connectivity index (χ3v) is 11.6. The van der Waals surface area contributed by atoms with Crippen molar-refractivity contribution in [2.45, 2.75) is 252 Å². The Bertz CT molecular complexity index is 983. The molecule has 0 aliphatic rings. The molecule has 0 bridgehead atoms. The highest BCUT2D eigenvalue weighted by molar-refractivity contribution is 7.47. The zero-order valence-corrected chi connectivity index (χ0v) is 38.4. The van der Waals surface area contributed by atoms with Gasteiger partial charge in [-0.2, -0.15) is 0 Å². The van der Waals surface area contributed by atoms with Crippen molar-refractivity contribution in [2.75, 3.05) is 19.8 Å². The van der Waals surface area contributed by atoms with E-state index in [0.717, 1.165) is 51.4 Å². The minimum Gasteiger partial charge on any atom is -0.462 e. The first-order valence-electron chi connectivity index (χ1n) is 24.1. The molecule has 0 saturated heterocycles. The van der Waals surface area contributed by atoms with Gasteiger partial charge in [0.25, 0.3) is 0 Å². The van der Waals surface area contributed by atoms with Gasteiger partial charge in [-0.3, -0.25) is 18.6 Å². The number of hydrogen-bond donors (Lipinski definition) is 1. The monoisotopic (exact) mass is 827 g/mol. The van der Waals surface area contributed by atoms with Gasteiger partial charge in [-0.05, 0) is 51.9 Å². The van der Waals surface area contributed by atoms with Crippen LogP contribution in [0.3, 0.4) is 0 Å². The Balaban J connectivity index is 4.00. The van der Waals surface area contributed by atoms with E-state index in [-0.39, 0.29) is 25.6 Å². The molecular formula is C48H91O8P. The standard InChI is InChI=1S/C48H91O8P/c1-4-7-9-11-13-15-17-19-21-23-25-27-28-30-32-34-36-38-40-42-47(49)53-44-46(45-55-57(51,52)54-6-3)56-48(50)43-41-39-37-35-33-31-29-26-24-22-20-18-16-14-12-10-8-5-2/h16,18,22,24,46H,4-15,17,19-21,23,25-45H2,1-3H3,(H,51,52)/b18-16-,24-22-. The van der Waals surface area contributed by atoms with E-state index < -0.39 is 26.5 Å². The van der Waals surface area contributed by atoms with Crippen molar-refractivity contribution in [3.8, 4) is 0 Å². The van der Waals surface area contributed by atoms with E-state index in [1.807, 2.05) is 0 Å². The van der Waals surface area contributed by atoms with E-state index in [4.69, 9.17) is 18.5 Å². The first-order chi connectivity index (χ1) is 27.8. The summed E-state index contributed by atoms with van der Waals surface area (Å²) in [5.41, 5.74) is 0. The molecule has 336 valence electrons. The van der Waals surface area contributed by atoms with E-state index in [9.17, 15) is 19.0 Å². The molecule has 0 radical (unpaired) electrons. The fraction of sp³-hybridized carbons (Fsp3) is 0.875. The van der Waals surface area contributed by atoms with Crippen LogP contribution in [0.15, 0.2) is 24.3 Å². The van der Waals surface area contributed by atoms with E-state index in [1.54, 1.807) is 6.92 Å². The maximum Gasteiger partial charge on any atom is 0.472 e. The smallest absolute Gasteiger partial charge is 0.462 e. The van der Waals surface area contributed by atoms with Crippen molar-refractivity contribution >= 4 is 19.8 Å². The Morgan fingerprint density at radius 2 is 0.842 bits per heavy atom. The predicted octanol–water partition coefficient (Wildman–Crippen LogP) is 15.4. The SMILES string of the molecule is CCCCCC/C=C\C/C=C\CCCCCCCCCC(=O)OC(COC(=O)CCCCCCCCCCCCCCCCCCCCC)COP(=O)(O)OCC. The zero-order chi connectivity index (χ0) is 41.8. The number of unbranched alkanes of at least 4 members (excludes halogenated alkanes) is 29. The molecule has 9 heteroatoms. The van der Waals surface area contributed by atoms with Gasteiger partial charge in [0, 0.05) is 12.8 Å². The van der Waals surface area contributed by atoms with E-state index in [1.165, 1.54) is 154 Å². The minimum absolute atomic E-state index is 0.000872. The number of phosphoric ester groups is 1. The molecule has 57 heavy (non-hydrogen) atoms. The highest BCUT2D eigenvalue weighted by Crippen LogP contribution is 2.43. The Kier molecular flexibility index (Phi) is 43.0. The van der Waals surface area contributed by atoms with Crippen LogP contribution in [-0.4, -0.2) is 42.8 Å². The number of ether oxygens (including phenoxy) is 2. The summed E-state index contributed by atoms with van der Waals surface area (Å²) in [4.78, 5) is 34.9. The maximum absolute atomic E-state index is 12.6. The number of hydrogen-bond acceptors (Lipinski definition) is 7. The molecule has 0 amide bonds. The van der Waals surface area contributed by atoms with Crippen molar-refractivity contribution < 1.29 is 37.6 Å². The summed E-state index contributed by atoms with van der Waals surface area (Å²) in [5, 5.41) is 0. The largest absolute Gasteiger partial charge is 0.472 e. The molecule has 2 unspecified atom stereocenters. The van der Waals surface area contributed by atoms with Crippen LogP contribution >= 0.6 is 7.82 Å². The Morgan fingerprint density at radius 3 is 1.26 bits per heavy atom. The molecule has 0 aliphatic carbocycles. The lowest BCUT2D eigenvalue weighted by atomic mass is 10.0. The summed E-state index contributed by atoms with van der Waals surface area (Å²) in [5.74, 6) is -0.794. The summed E-state index contributed by atoms with van der Waals surface area (Å²) < 4.78 is 32.7. The highest BCUT2D eigenvalue weighted by atomic mass is 31.2. The number of rotatable bonds is 45. The van der Waals surface area contributed by atoms with Gasteiger partial charge in [-0.1, -0.05) is 205 Å². The highest BCUT2D eigenvalue weighted by Gasteiger charge is 2.25. The lowest BCUT2D eigenvalue weighted by molar-refractivity contribution is -0.161. The molecule has 0 spiro atoms. The van der Waals surface area contributed by atoms with Crippen molar-refractivity contribution in [1.29, 1.82) is 0 Å². The molecule has 0 heterocycles. The molecule has 0 aromatic carbocycles. The molecule has 2 atom stereocenters. The van der Waals surface area contributed by atoms with Crippen LogP contribution in [0.2, 0.25) is 0 Å². The molecule has 0 aliphatic heterocycles. The first-order valence-corrected chi connectivity index (χ1v) is 25.6. The van der Waals surface area contributed by atoms with Crippen molar-refractivity contribution in [2.24, 2.45) is 0 Å². The summed E-state index contributed by atoms with van der Waals surface area (Å²) >= 11 is 0. The first kappa shape index (κ1) is 55.5. The van der Waals surface area contributed by atoms with E-state index in [0.29, 0.717) is 12.8 Å². The van der Waals surface area contributed by atoms with Gasteiger partial charge >= 0.3 is 19.8 Å². The Hall–Kier alpha value is -1.47. The van der Waals surface area contributed by atoms with E-state index >= 15 is 0 Å². The average Bonchev–Trinajstić information content (AvgIpc) is 3.19. The van der Waals surface area contributed by atoms with Gasteiger partial charge in [0.2, 0.25) is 0 Å². The number of allylic oxidation sites excluding steroid dienone is 4. The van der Waals surface area contributed by atoms with Crippen LogP contribution in [0, 0.1) is 0 Å². The van der Waals surface area contributed by atoms with Gasteiger partial charge in [-0.25, -0.2) is 4.57 Å². The normalized spacial score (nSPS) is 13.4. The Labute approximate surface area is 352 Å². The third kappa shape index (κ3) is 43.9. The second-order valence-corrected chi connectivity index (χ2v) is 17.6. The van der Waals surface area contributed by atoms with Gasteiger partial charge in [0.1, 0.15) is 6.61 Å². The summed E-state index contributed by atoms with van der Waals surface area (Å²) in [6.45, 7) is 5.49. The summed E-state index contributed by atoms with van der Waals surface area (Å²) in [7, 11) is -4.28. The van der Waals surface area contributed by atoms with Crippen molar-refractivity contribution in [3.05, 3.63) is 24.3 Å². The number of esters is 2. The number of carbonyl (C=O) groups excluding carboxylic acids is 2. The number of phosphoric acid groups is 1. The van der Waals surface area contributed by atoms with Crippen molar-refractivity contribution in [3.63, 3.8) is 0 Å². The molecule has 8 nitrogen and oxygen atoms in total. The molecule has 0 aromatic heterocycles. The van der Waals surface area contributed by atoms with Crippen LogP contribution < -0.4 is 0 Å². The summed E-state index contributed by atoms with van der Waals surface area (Å²) in [6.07, 6.45) is 49.5. The lowest BCUT2D eigenvalue weighted by Gasteiger charge is -2.19. The molecule has 1 N–H and O–H groups in total. The quantitative estimate of drug-likeness (QED) is 0.0280. The second kappa shape index (κ2) is 44.1. The Morgan fingerprint density at radius 1 is 0.474 bits per heavy atom. The predicted molar refractivity (Wildman–Crippen MR) is 239 cm³/mol. The third-order valence-electron chi connectivity index (χ3n) is 10.5. The van der Waals surface area contributed by atoms with Crippen LogP contribution in [0.1, 0.15) is 245 Å². The molecule has 0 saturated carbocycles. The zero-order valence-electron chi connectivity index (χ0n) is 37.5. The van der Waals surface area contributed by atoms with Crippen LogP contribution in [0.25, 0.3) is 0 Å². The van der Waals surface area contributed by atoms with Crippen LogP contribution in [0.5, 0.6) is 0 Å². The van der Waals surface area contributed by atoms with Gasteiger partial charge in [0.05, 0.1) is 13.2 Å². The molecular weight excluding hydrogens is 735 g/mol. The minimum atomic E-state index is -4.28. The lowest BCUT2D eigenvalue weighted by Crippen LogP contribution is -2.29. The fourth-order valence-corrected chi connectivity index (χ4v) is 7.71. The molecule has 0 fully saturated rings. The maximum atomic E-state index is 12.6. The van der Waals surface area contributed by atoms with E-state index in [2.05, 4.69) is 38.2 Å². The fourth-order valence-electron chi connectivity index (χ4n) is 6.96. The van der Waals surface area contributed by atoms with Gasteiger partial charge in [-0.15, -0.1) is 0 Å². The van der Waals surface area contributed by atoms with Crippen LogP contribution in [-0.2, 0) is 32.7 Å². The van der Waals surface area contributed by atoms with Crippen molar-refractivity contribution in [1.82, 2.24) is 0 Å². The average molecular weight is 827 g/mol.